The minimum absolute atomic E-state index is 0.292. The van der Waals surface area contributed by atoms with Crippen molar-refractivity contribution in [2.45, 2.75) is 6.54 Å². The third-order valence-corrected chi connectivity index (χ3v) is 4.29. The Balaban J connectivity index is 1.38. The maximum atomic E-state index is 14.3. The zero-order valence-corrected chi connectivity index (χ0v) is 13.7. The number of piperazine rings is 1. The van der Waals surface area contributed by atoms with E-state index in [1.807, 2.05) is 12.1 Å². The highest BCUT2D eigenvalue weighted by Crippen LogP contribution is 2.17. The Bertz CT molecular complexity index is 814. The molecule has 1 aliphatic heterocycles. The molecule has 25 heavy (non-hydrogen) atoms. The quantitative estimate of drug-likeness (QED) is 0.718. The van der Waals surface area contributed by atoms with E-state index >= 15 is 0 Å². The van der Waals surface area contributed by atoms with E-state index < -0.39 is 0 Å². The van der Waals surface area contributed by atoms with E-state index in [1.54, 1.807) is 24.5 Å². The normalized spacial score (nSPS) is 15.5. The van der Waals surface area contributed by atoms with Crippen LogP contribution in [-0.4, -0.2) is 55.8 Å². The zero-order chi connectivity index (χ0) is 17.1. The van der Waals surface area contributed by atoms with E-state index in [9.17, 15) is 4.39 Å². The van der Waals surface area contributed by atoms with Gasteiger partial charge in [0.15, 0.2) is 0 Å². The summed E-state index contributed by atoms with van der Waals surface area (Å²) >= 11 is 0. The number of nitrogens with zero attached hydrogens (tertiary/aromatic N) is 7. The maximum Gasteiger partial charge on any atom is 0.225 e. The molecule has 0 bridgehead atoms. The van der Waals surface area contributed by atoms with Crippen LogP contribution in [0, 0.1) is 5.82 Å². The predicted octanol–water partition coefficient (Wildman–Crippen LogP) is 1.52. The highest BCUT2D eigenvalue weighted by molar-refractivity contribution is 5.35. The topological polar surface area (TPSA) is 63.0 Å². The summed E-state index contributed by atoms with van der Waals surface area (Å²) in [6, 6.07) is 7.07. The van der Waals surface area contributed by atoms with E-state index in [1.165, 1.54) is 17.3 Å². The average molecular weight is 339 g/mol. The van der Waals surface area contributed by atoms with Crippen LogP contribution in [0.25, 0.3) is 5.69 Å². The van der Waals surface area contributed by atoms with E-state index in [4.69, 9.17) is 0 Å². The number of benzene rings is 1. The summed E-state index contributed by atoms with van der Waals surface area (Å²) in [7, 11) is 0. The van der Waals surface area contributed by atoms with Crippen LogP contribution in [-0.2, 0) is 6.54 Å². The third kappa shape index (κ3) is 3.48. The lowest BCUT2D eigenvalue weighted by atomic mass is 10.1. The van der Waals surface area contributed by atoms with Crippen LogP contribution in [0.3, 0.4) is 0 Å². The van der Waals surface area contributed by atoms with E-state index in [0.29, 0.717) is 5.69 Å². The van der Waals surface area contributed by atoms with Gasteiger partial charge >= 0.3 is 0 Å². The molecule has 8 heteroatoms. The smallest absolute Gasteiger partial charge is 0.225 e. The first kappa shape index (κ1) is 15.6. The molecular formula is C17H18FN7. The second kappa shape index (κ2) is 6.94. The Morgan fingerprint density at radius 3 is 2.52 bits per heavy atom. The van der Waals surface area contributed by atoms with Gasteiger partial charge in [0, 0.05) is 45.1 Å². The van der Waals surface area contributed by atoms with Gasteiger partial charge in [-0.3, -0.25) is 4.90 Å². The highest BCUT2D eigenvalue weighted by atomic mass is 19.1. The molecule has 0 saturated carbocycles. The average Bonchev–Trinajstić information content (AvgIpc) is 3.18. The molecule has 0 radical (unpaired) electrons. The summed E-state index contributed by atoms with van der Waals surface area (Å²) in [5.41, 5.74) is 1.36. The molecule has 0 spiro atoms. The van der Waals surface area contributed by atoms with Crippen molar-refractivity contribution in [1.82, 2.24) is 29.6 Å². The van der Waals surface area contributed by atoms with Crippen LogP contribution in [0.1, 0.15) is 5.56 Å². The molecule has 7 nitrogen and oxygen atoms in total. The molecule has 0 atom stereocenters. The molecule has 1 aromatic carbocycles. The lowest BCUT2D eigenvalue weighted by molar-refractivity contribution is 0.248. The lowest BCUT2D eigenvalue weighted by Gasteiger charge is -2.34. The van der Waals surface area contributed by atoms with Gasteiger partial charge in [0.1, 0.15) is 24.2 Å². The van der Waals surface area contributed by atoms with Gasteiger partial charge in [0.25, 0.3) is 0 Å². The summed E-state index contributed by atoms with van der Waals surface area (Å²) in [6.45, 7) is 4.24. The summed E-state index contributed by atoms with van der Waals surface area (Å²) < 4.78 is 15.7. The maximum absolute atomic E-state index is 14.3. The van der Waals surface area contributed by atoms with Gasteiger partial charge in [-0.05, 0) is 23.8 Å². The third-order valence-electron chi connectivity index (χ3n) is 4.29. The minimum Gasteiger partial charge on any atom is -0.338 e. The predicted molar refractivity (Wildman–Crippen MR) is 90.8 cm³/mol. The van der Waals surface area contributed by atoms with Crippen LogP contribution in [0.15, 0.2) is 49.3 Å². The first-order valence-corrected chi connectivity index (χ1v) is 8.17. The Morgan fingerprint density at radius 2 is 1.84 bits per heavy atom. The van der Waals surface area contributed by atoms with Gasteiger partial charge in [-0.15, -0.1) is 0 Å². The first-order chi connectivity index (χ1) is 12.3. The van der Waals surface area contributed by atoms with Crippen molar-refractivity contribution < 1.29 is 4.39 Å². The molecule has 1 saturated heterocycles. The van der Waals surface area contributed by atoms with Crippen molar-refractivity contribution in [3.63, 3.8) is 0 Å². The van der Waals surface area contributed by atoms with E-state index in [2.05, 4.69) is 29.9 Å². The number of hydrogen-bond acceptors (Lipinski definition) is 6. The van der Waals surface area contributed by atoms with E-state index in [-0.39, 0.29) is 5.82 Å². The van der Waals surface area contributed by atoms with Gasteiger partial charge in [0.05, 0.1) is 0 Å². The van der Waals surface area contributed by atoms with Gasteiger partial charge in [-0.1, -0.05) is 6.07 Å². The number of hydrogen-bond donors (Lipinski definition) is 0. The molecular weight excluding hydrogens is 321 g/mol. The summed E-state index contributed by atoms with van der Waals surface area (Å²) in [4.78, 5) is 16.9. The summed E-state index contributed by atoms with van der Waals surface area (Å²) in [5, 5.41) is 3.97. The molecule has 0 aliphatic carbocycles. The Morgan fingerprint density at radius 1 is 1.04 bits per heavy atom. The Kier molecular flexibility index (Phi) is 4.34. The summed E-state index contributed by atoms with van der Waals surface area (Å²) in [6.07, 6.45) is 6.40. The van der Waals surface area contributed by atoms with Gasteiger partial charge in [0.2, 0.25) is 5.95 Å². The standard InChI is InChI=1S/C17H18FN7/c18-15-10-14(2-3-16(15)25-13-19-12-22-25)11-23-6-8-24(9-7-23)17-20-4-1-5-21-17/h1-5,10,12-13H,6-9,11H2. The van der Waals surface area contributed by atoms with Crippen LogP contribution in [0.4, 0.5) is 10.3 Å². The fraction of sp³-hybridized carbons (Fsp3) is 0.294. The zero-order valence-electron chi connectivity index (χ0n) is 13.7. The second-order valence-electron chi connectivity index (χ2n) is 5.94. The number of aromatic nitrogens is 5. The van der Waals surface area contributed by atoms with Crippen molar-refractivity contribution in [3.8, 4) is 5.69 Å². The monoisotopic (exact) mass is 339 g/mol. The minimum atomic E-state index is -0.292. The van der Waals surface area contributed by atoms with Crippen molar-refractivity contribution in [1.29, 1.82) is 0 Å². The number of halogens is 1. The molecule has 3 heterocycles. The van der Waals surface area contributed by atoms with Crippen LogP contribution in [0.2, 0.25) is 0 Å². The second-order valence-corrected chi connectivity index (χ2v) is 5.94. The van der Waals surface area contributed by atoms with Crippen molar-refractivity contribution in [2.75, 3.05) is 31.1 Å². The fourth-order valence-corrected chi connectivity index (χ4v) is 2.99. The molecule has 128 valence electrons. The van der Waals surface area contributed by atoms with E-state index in [0.717, 1.165) is 44.2 Å². The molecule has 4 rings (SSSR count). The van der Waals surface area contributed by atoms with Crippen LogP contribution < -0.4 is 4.90 Å². The van der Waals surface area contributed by atoms with Gasteiger partial charge < -0.3 is 4.90 Å². The number of rotatable bonds is 4. The van der Waals surface area contributed by atoms with Crippen LogP contribution in [0.5, 0.6) is 0 Å². The highest BCUT2D eigenvalue weighted by Gasteiger charge is 2.19. The molecule has 3 aromatic rings. The Hall–Kier alpha value is -2.87. The molecule has 0 amide bonds. The molecule has 0 N–H and O–H groups in total. The lowest BCUT2D eigenvalue weighted by Crippen LogP contribution is -2.46. The molecule has 1 fully saturated rings. The Labute approximate surface area is 144 Å². The van der Waals surface area contributed by atoms with Gasteiger partial charge in [-0.25, -0.2) is 24.0 Å². The largest absolute Gasteiger partial charge is 0.338 e. The molecule has 1 aliphatic rings. The van der Waals surface area contributed by atoms with Crippen molar-refractivity contribution >= 4 is 5.95 Å². The fourth-order valence-electron chi connectivity index (χ4n) is 2.99. The molecule has 2 aromatic heterocycles. The molecule has 0 unspecified atom stereocenters. The van der Waals surface area contributed by atoms with Crippen molar-refractivity contribution in [2.24, 2.45) is 0 Å². The first-order valence-electron chi connectivity index (χ1n) is 8.17. The SMILES string of the molecule is Fc1cc(CN2CCN(c3ncccn3)CC2)ccc1-n1cncn1. The summed E-state index contributed by atoms with van der Waals surface area (Å²) in [5.74, 6) is 0.477. The van der Waals surface area contributed by atoms with Gasteiger partial charge in [-0.2, -0.15) is 5.10 Å². The number of anilines is 1. The van der Waals surface area contributed by atoms with Crippen molar-refractivity contribution in [3.05, 3.63) is 60.7 Å². The van der Waals surface area contributed by atoms with Crippen LogP contribution >= 0.6 is 0 Å².